The lowest BCUT2D eigenvalue weighted by Gasteiger charge is -2.37. The van der Waals surface area contributed by atoms with Crippen molar-refractivity contribution in [3.63, 3.8) is 0 Å². The van der Waals surface area contributed by atoms with Crippen molar-refractivity contribution >= 4 is 60.5 Å². The molecule has 0 aliphatic carbocycles. The van der Waals surface area contributed by atoms with Gasteiger partial charge in [0.2, 0.25) is 0 Å². The summed E-state index contributed by atoms with van der Waals surface area (Å²) < 4.78 is 30.3. The molecule has 7 nitrogen and oxygen atoms in total. The zero-order chi connectivity index (χ0) is 32.6. The van der Waals surface area contributed by atoms with Gasteiger partial charge in [-0.1, -0.05) is 50.4 Å². The Labute approximate surface area is 273 Å². The molecular formula is C31H64N2O5Si5. The molecule has 248 valence electrons. The van der Waals surface area contributed by atoms with E-state index in [1.165, 1.54) is 11.6 Å². The highest BCUT2D eigenvalue weighted by Gasteiger charge is 2.41. The topological polar surface area (TPSA) is 61.4 Å². The molecule has 43 heavy (non-hydrogen) atoms. The molecule has 1 unspecified atom stereocenters. The van der Waals surface area contributed by atoms with E-state index in [-0.39, 0.29) is 5.54 Å². The maximum absolute atomic E-state index is 6.09. The van der Waals surface area contributed by atoms with E-state index in [1.54, 1.807) is 21.6 Å². The first kappa shape index (κ1) is 40.9. The van der Waals surface area contributed by atoms with Crippen LogP contribution in [-0.4, -0.2) is 104 Å². The second-order valence-corrected chi connectivity index (χ2v) is 24.4. The molecular weight excluding hydrogens is 621 g/mol. The summed E-state index contributed by atoms with van der Waals surface area (Å²) in [6.45, 7) is 30.0. The minimum Gasteiger partial charge on any atom is -0.397 e. The summed E-state index contributed by atoms with van der Waals surface area (Å²) in [5, 5.41) is 6.90. The fraction of sp³-hybridized carbons (Fsp3) is 0.806. The SMILES string of the molecule is CCO[Si](CCCNC[Si]CCc1c([Si](C)C)cc(C(C)[Si](C)(OC)OC)c([Si](C)C)c1N(CC)CC)(OCC)OCC. The van der Waals surface area contributed by atoms with Gasteiger partial charge in [-0.05, 0) is 83.0 Å². The van der Waals surface area contributed by atoms with Gasteiger partial charge in [0.05, 0.1) is 27.1 Å². The molecule has 12 heteroatoms. The minimum absolute atomic E-state index is 0.266. The fourth-order valence-corrected chi connectivity index (χ4v) is 14.1. The standard InChI is InChI=1S/C31H64N2O5Si5/c1-14-33(15-2)30-27(20-22-39-25-32-21-19-23-43(36-16-3,37-17-4)38-18-5)29(40(9)10)24-28(31(30)41(11)12)26(6)42(13,34-7)35-8/h24,26,32H,14-23,25H2,1-13H3. The quantitative estimate of drug-likeness (QED) is 0.120. The molecule has 1 aromatic carbocycles. The van der Waals surface area contributed by atoms with Gasteiger partial charge in [0.25, 0.3) is 0 Å². The van der Waals surface area contributed by atoms with E-state index < -0.39 is 35.0 Å². The van der Waals surface area contributed by atoms with Crippen LogP contribution in [0.3, 0.4) is 0 Å². The van der Waals surface area contributed by atoms with Gasteiger partial charge in [0.15, 0.2) is 0 Å². The largest absolute Gasteiger partial charge is 0.500 e. The Morgan fingerprint density at radius 2 is 1.47 bits per heavy atom. The Morgan fingerprint density at radius 1 is 0.907 bits per heavy atom. The van der Waals surface area contributed by atoms with Gasteiger partial charge in [-0.15, -0.1) is 0 Å². The summed E-state index contributed by atoms with van der Waals surface area (Å²) in [5.74, 6) is 0. The van der Waals surface area contributed by atoms with Gasteiger partial charge >= 0.3 is 17.4 Å². The van der Waals surface area contributed by atoms with Crippen LogP contribution in [0.2, 0.25) is 44.8 Å². The van der Waals surface area contributed by atoms with E-state index in [0.29, 0.717) is 19.8 Å². The Balaban J connectivity index is 3.18. The lowest BCUT2D eigenvalue weighted by atomic mass is 10.0. The van der Waals surface area contributed by atoms with Crippen LogP contribution in [0, 0.1) is 0 Å². The molecule has 0 amide bonds. The van der Waals surface area contributed by atoms with Crippen LogP contribution < -0.4 is 20.6 Å². The molecule has 1 atom stereocenters. The van der Waals surface area contributed by atoms with E-state index in [0.717, 1.165) is 54.2 Å². The zero-order valence-corrected chi connectivity index (χ0v) is 34.9. The fourth-order valence-electron chi connectivity index (χ4n) is 5.81. The van der Waals surface area contributed by atoms with Crippen molar-refractivity contribution in [2.24, 2.45) is 0 Å². The van der Waals surface area contributed by atoms with Crippen molar-refractivity contribution in [1.29, 1.82) is 0 Å². The van der Waals surface area contributed by atoms with Gasteiger partial charge in [0, 0.05) is 64.4 Å². The molecule has 0 aromatic heterocycles. The molecule has 1 aromatic rings. The maximum atomic E-state index is 6.09. The number of anilines is 1. The van der Waals surface area contributed by atoms with E-state index in [4.69, 9.17) is 22.1 Å². The van der Waals surface area contributed by atoms with Crippen molar-refractivity contribution in [3.05, 3.63) is 17.2 Å². The van der Waals surface area contributed by atoms with Gasteiger partial charge in [0.1, 0.15) is 0 Å². The highest BCUT2D eigenvalue weighted by atomic mass is 28.4. The van der Waals surface area contributed by atoms with Crippen molar-refractivity contribution in [3.8, 4) is 0 Å². The number of benzene rings is 1. The van der Waals surface area contributed by atoms with Crippen molar-refractivity contribution in [2.75, 3.05) is 64.7 Å². The molecule has 0 aliphatic heterocycles. The Kier molecular flexibility index (Phi) is 19.9. The smallest absolute Gasteiger partial charge is 0.397 e. The zero-order valence-electron chi connectivity index (χ0n) is 29.9. The maximum Gasteiger partial charge on any atom is 0.500 e. The van der Waals surface area contributed by atoms with Crippen LogP contribution in [0.25, 0.3) is 0 Å². The lowest BCUT2D eigenvalue weighted by Crippen LogP contribution is -2.48. The van der Waals surface area contributed by atoms with Crippen LogP contribution in [0.1, 0.15) is 64.6 Å². The third-order valence-electron chi connectivity index (χ3n) is 8.35. The molecule has 1 N–H and O–H groups in total. The monoisotopic (exact) mass is 684 g/mol. The van der Waals surface area contributed by atoms with Gasteiger partial charge < -0.3 is 32.3 Å². The predicted molar refractivity (Wildman–Crippen MR) is 195 cm³/mol. The van der Waals surface area contributed by atoms with Crippen molar-refractivity contribution in [2.45, 2.75) is 105 Å². The first-order chi connectivity index (χ1) is 20.5. The van der Waals surface area contributed by atoms with Gasteiger partial charge in [-0.25, -0.2) is 0 Å². The molecule has 0 aliphatic rings. The number of nitrogens with one attached hydrogen (secondary N) is 1. The summed E-state index contributed by atoms with van der Waals surface area (Å²) >= 11 is 0. The second kappa shape index (κ2) is 20.9. The van der Waals surface area contributed by atoms with Crippen molar-refractivity contribution in [1.82, 2.24) is 5.32 Å². The van der Waals surface area contributed by atoms with E-state index in [9.17, 15) is 0 Å². The molecule has 0 spiro atoms. The first-order valence-corrected chi connectivity index (χ1v) is 27.2. The molecule has 0 saturated carbocycles. The van der Waals surface area contributed by atoms with E-state index in [2.05, 4.69) is 69.8 Å². The Bertz CT molecular complexity index is 900. The van der Waals surface area contributed by atoms with Crippen LogP contribution >= 0.6 is 0 Å². The van der Waals surface area contributed by atoms with E-state index in [1.807, 2.05) is 35.0 Å². The van der Waals surface area contributed by atoms with Crippen LogP contribution in [0.5, 0.6) is 0 Å². The average Bonchev–Trinajstić information content (AvgIpc) is 2.98. The average molecular weight is 685 g/mol. The summed E-state index contributed by atoms with van der Waals surface area (Å²) in [4.78, 5) is 2.64. The number of rotatable bonds is 24. The van der Waals surface area contributed by atoms with Crippen LogP contribution in [0.15, 0.2) is 6.07 Å². The highest BCUT2D eigenvalue weighted by molar-refractivity contribution is 6.76. The van der Waals surface area contributed by atoms with Gasteiger partial charge in [-0.2, -0.15) is 0 Å². The molecule has 1 rings (SSSR count). The van der Waals surface area contributed by atoms with E-state index >= 15 is 0 Å². The summed E-state index contributed by atoms with van der Waals surface area (Å²) in [6, 6.07) is 4.67. The molecule has 0 fully saturated rings. The van der Waals surface area contributed by atoms with Gasteiger partial charge in [-0.3, -0.25) is 0 Å². The van der Waals surface area contributed by atoms with Crippen molar-refractivity contribution < 1.29 is 22.1 Å². The number of nitrogens with zero attached hydrogens (tertiary/aromatic N) is 1. The molecule has 4 radical (unpaired) electrons. The summed E-state index contributed by atoms with van der Waals surface area (Å²) in [7, 11) is -1.79. The highest BCUT2D eigenvalue weighted by Crippen LogP contribution is 2.31. The third kappa shape index (κ3) is 11.6. The third-order valence-corrected chi connectivity index (χ3v) is 19.2. The lowest BCUT2D eigenvalue weighted by molar-refractivity contribution is 0.0708. The van der Waals surface area contributed by atoms with Crippen LogP contribution in [0.4, 0.5) is 5.69 Å². The first-order valence-electron chi connectivity index (χ1n) is 16.4. The Hall–Kier alpha value is -0.136. The summed E-state index contributed by atoms with van der Waals surface area (Å²) in [6.07, 6.45) is 3.21. The number of hydrogen-bond donors (Lipinski definition) is 1. The molecule has 0 bridgehead atoms. The molecule has 0 heterocycles. The summed E-state index contributed by atoms with van der Waals surface area (Å²) in [5.41, 5.74) is 4.91. The molecule has 0 saturated heterocycles. The predicted octanol–water partition coefficient (Wildman–Crippen LogP) is 5.11. The second-order valence-electron chi connectivity index (χ2n) is 11.5. The minimum atomic E-state index is -2.55. The number of hydrogen-bond acceptors (Lipinski definition) is 7. The van der Waals surface area contributed by atoms with Crippen LogP contribution in [-0.2, 0) is 28.6 Å². The Morgan fingerprint density at radius 3 is 1.91 bits per heavy atom. The normalized spacial score (nSPS) is 13.4.